The number of nitrogens with two attached hydrogens (primary N) is 1. The molecule has 0 atom stereocenters. The fourth-order valence-corrected chi connectivity index (χ4v) is 1.56. The number of rotatable bonds is 5. The summed E-state index contributed by atoms with van der Waals surface area (Å²) in [5, 5.41) is 0. The molecule has 2 N–H and O–H groups in total. The first-order valence-electron chi connectivity index (χ1n) is 5.84. The molecule has 1 rings (SSSR count). The molecule has 0 aliphatic heterocycles. The monoisotopic (exact) mass is 221 g/mol. The van der Waals surface area contributed by atoms with Crippen LogP contribution in [-0.2, 0) is 0 Å². The summed E-state index contributed by atoms with van der Waals surface area (Å²) in [5.74, 6) is 0.963. The predicted molar refractivity (Wildman–Crippen MR) is 68.9 cm³/mol. The molecule has 2 heteroatoms. The lowest BCUT2D eigenvalue weighted by atomic mass is 9.90. The molecule has 90 valence electrons. The largest absolute Gasteiger partial charge is 0.494 e. The van der Waals surface area contributed by atoms with E-state index in [1.54, 1.807) is 0 Å². The zero-order valence-corrected chi connectivity index (χ0v) is 10.8. The molecule has 0 radical (unpaired) electrons. The highest BCUT2D eigenvalue weighted by molar-refractivity contribution is 5.32. The first-order valence-corrected chi connectivity index (χ1v) is 5.84. The molecule has 0 aromatic heterocycles. The molecule has 1 aromatic rings. The van der Waals surface area contributed by atoms with E-state index in [0.29, 0.717) is 6.54 Å². The summed E-state index contributed by atoms with van der Waals surface area (Å²) in [6.45, 7) is 9.93. The summed E-state index contributed by atoms with van der Waals surface area (Å²) in [6.07, 6.45) is 0.983. The Labute approximate surface area is 98.8 Å². The van der Waals surface area contributed by atoms with Crippen molar-refractivity contribution in [3.8, 4) is 5.75 Å². The summed E-state index contributed by atoms with van der Waals surface area (Å²) in [6, 6.07) is 6.29. The molecule has 0 aliphatic rings. The van der Waals surface area contributed by atoms with Gasteiger partial charge in [0.1, 0.15) is 5.75 Å². The number of aryl methyl sites for hydroxylation is 2. The van der Waals surface area contributed by atoms with Crippen LogP contribution in [-0.4, -0.2) is 13.2 Å². The molecule has 0 aliphatic carbocycles. The van der Waals surface area contributed by atoms with Gasteiger partial charge in [-0.25, -0.2) is 0 Å². The molecular formula is C14H23NO. The van der Waals surface area contributed by atoms with Gasteiger partial charge in [0.15, 0.2) is 0 Å². The van der Waals surface area contributed by atoms with E-state index in [-0.39, 0.29) is 5.41 Å². The van der Waals surface area contributed by atoms with Crippen molar-refractivity contribution in [1.82, 2.24) is 0 Å². The van der Waals surface area contributed by atoms with Crippen molar-refractivity contribution in [2.45, 2.75) is 34.1 Å². The van der Waals surface area contributed by atoms with Gasteiger partial charge in [-0.05, 0) is 55.5 Å². The van der Waals surface area contributed by atoms with Crippen LogP contribution in [0.2, 0.25) is 0 Å². The lowest BCUT2D eigenvalue weighted by molar-refractivity contribution is 0.233. The first kappa shape index (κ1) is 13.0. The van der Waals surface area contributed by atoms with E-state index in [2.05, 4.69) is 45.9 Å². The van der Waals surface area contributed by atoms with Crippen LogP contribution in [0.3, 0.4) is 0 Å². The highest BCUT2D eigenvalue weighted by Gasteiger charge is 2.15. The Balaban J connectivity index is 2.49. The summed E-state index contributed by atoms with van der Waals surface area (Å²) in [7, 11) is 0. The molecule has 0 bridgehead atoms. The van der Waals surface area contributed by atoms with Crippen molar-refractivity contribution in [3.63, 3.8) is 0 Å². The maximum absolute atomic E-state index is 5.75. The highest BCUT2D eigenvalue weighted by Crippen LogP contribution is 2.20. The number of benzene rings is 1. The van der Waals surface area contributed by atoms with Crippen molar-refractivity contribution in [1.29, 1.82) is 0 Å². The quantitative estimate of drug-likeness (QED) is 0.829. The molecule has 1 aromatic carbocycles. The molecule has 16 heavy (non-hydrogen) atoms. The fraction of sp³-hybridized carbons (Fsp3) is 0.571. The Hall–Kier alpha value is -1.02. The van der Waals surface area contributed by atoms with E-state index in [1.165, 1.54) is 11.1 Å². The molecule has 0 saturated heterocycles. The van der Waals surface area contributed by atoms with Gasteiger partial charge in [0.05, 0.1) is 6.61 Å². The van der Waals surface area contributed by atoms with Gasteiger partial charge in [0.25, 0.3) is 0 Å². The van der Waals surface area contributed by atoms with E-state index in [4.69, 9.17) is 10.5 Å². The zero-order valence-electron chi connectivity index (χ0n) is 10.8. The van der Waals surface area contributed by atoms with Gasteiger partial charge in [-0.3, -0.25) is 0 Å². The van der Waals surface area contributed by atoms with Crippen molar-refractivity contribution < 1.29 is 4.74 Å². The molecule has 0 unspecified atom stereocenters. The van der Waals surface area contributed by atoms with Crippen molar-refractivity contribution >= 4 is 0 Å². The summed E-state index contributed by atoms with van der Waals surface area (Å²) in [5.41, 5.74) is 8.33. The van der Waals surface area contributed by atoms with E-state index >= 15 is 0 Å². The van der Waals surface area contributed by atoms with E-state index in [1.807, 2.05) is 0 Å². The smallest absolute Gasteiger partial charge is 0.119 e. The maximum atomic E-state index is 5.75. The Morgan fingerprint density at radius 1 is 1.12 bits per heavy atom. The summed E-state index contributed by atoms with van der Waals surface area (Å²) in [4.78, 5) is 0. The highest BCUT2D eigenvalue weighted by atomic mass is 16.5. The molecular weight excluding hydrogens is 198 g/mol. The third kappa shape index (κ3) is 4.23. The lowest BCUT2D eigenvalue weighted by Gasteiger charge is -2.22. The average Bonchev–Trinajstić information content (AvgIpc) is 2.16. The second-order valence-corrected chi connectivity index (χ2v) is 5.29. The molecule has 0 heterocycles. The van der Waals surface area contributed by atoms with Crippen LogP contribution in [0, 0.1) is 19.3 Å². The Kier molecular flexibility index (Phi) is 4.36. The first-order chi connectivity index (χ1) is 7.43. The van der Waals surface area contributed by atoms with Gasteiger partial charge in [-0.2, -0.15) is 0 Å². The number of hydrogen-bond acceptors (Lipinski definition) is 2. The molecule has 0 spiro atoms. The minimum atomic E-state index is 0.166. The Bertz CT molecular complexity index is 324. The van der Waals surface area contributed by atoms with Crippen LogP contribution in [0.5, 0.6) is 5.75 Å². The maximum Gasteiger partial charge on any atom is 0.119 e. The van der Waals surface area contributed by atoms with Gasteiger partial charge in [0.2, 0.25) is 0 Å². The average molecular weight is 221 g/mol. The molecule has 2 nitrogen and oxygen atoms in total. The van der Waals surface area contributed by atoms with Crippen LogP contribution in [0.1, 0.15) is 31.4 Å². The predicted octanol–water partition coefficient (Wildman–Crippen LogP) is 3.06. The topological polar surface area (TPSA) is 35.2 Å². The fourth-order valence-electron chi connectivity index (χ4n) is 1.56. The Morgan fingerprint density at radius 3 is 2.19 bits per heavy atom. The van der Waals surface area contributed by atoms with Crippen LogP contribution in [0.25, 0.3) is 0 Å². The van der Waals surface area contributed by atoms with E-state index in [9.17, 15) is 0 Å². The SMILES string of the molecule is Cc1cc(C)cc(OCCC(C)(C)CN)c1. The molecule has 0 fully saturated rings. The molecule has 0 saturated carbocycles. The van der Waals surface area contributed by atoms with Crippen LogP contribution >= 0.6 is 0 Å². The van der Waals surface area contributed by atoms with Gasteiger partial charge in [-0.1, -0.05) is 19.9 Å². The van der Waals surface area contributed by atoms with Crippen molar-refractivity contribution in [3.05, 3.63) is 29.3 Å². The minimum Gasteiger partial charge on any atom is -0.494 e. The number of hydrogen-bond donors (Lipinski definition) is 1. The minimum absolute atomic E-state index is 0.166. The van der Waals surface area contributed by atoms with Gasteiger partial charge >= 0.3 is 0 Å². The summed E-state index contributed by atoms with van der Waals surface area (Å²) < 4.78 is 5.75. The second kappa shape index (κ2) is 5.35. The van der Waals surface area contributed by atoms with Crippen molar-refractivity contribution in [2.24, 2.45) is 11.1 Å². The zero-order chi connectivity index (χ0) is 12.2. The van der Waals surface area contributed by atoms with Crippen molar-refractivity contribution in [2.75, 3.05) is 13.2 Å². The third-order valence-corrected chi connectivity index (χ3v) is 2.80. The van der Waals surface area contributed by atoms with Gasteiger partial charge < -0.3 is 10.5 Å². The van der Waals surface area contributed by atoms with Crippen LogP contribution in [0.4, 0.5) is 0 Å². The lowest BCUT2D eigenvalue weighted by Crippen LogP contribution is -2.25. The summed E-state index contributed by atoms with van der Waals surface area (Å²) >= 11 is 0. The third-order valence-electron chi connectivity index (χ3n) is 2.80. The van der Waals surface area contributed by atoms with E-state index < -0.39 is 0 Å². The second-order valence-electron chi connectivity index (χ2n) is 5.29. The normalized spacial score (nSPS) is 11.6. The van der Waals surface area contributed by atoms with Crippen LogP contribution < -0.4 is 10.5 Å². The van der Waals surface area contributed by atoms with Gasteiger partial charge in [-0.15, -0.1) is 0 Å². The molecule has 0 amide bonds. The standard InChI is InChI=1S/C14H23NO/c1-11-7-12(2)9-13(8-11)16-6-5-14(3,4)10-15/h7-9H,5-6,10,15H2,1-4H3. The van der Waals surface area contributed by atoms with E-state index in [0.717, 1.165) is 18.8 Å². The van der Waals surface area contributed by atoms with Gasteiger partial charge in [0, 0.05) is 0 Å². The van der Waals surface area contributed by atoms with Crippen LogP contribution in [0.15, 0.2) is 18.2 Å². The number of ether oxygens (including phenoxy) is 1. The Morgan fingerprint density at radius 2 is 1.69 bits per heavy atom.